The number of benzene rings is 1. The molecule has 0 saturated carbocycles. The fourth-order valence-electron chi connectivity index (χ4n) is 0.781. The summed E-state index contributed by atoms with van der Waals surface area (Å²) in [6, 6.07) is 2.70. The third-order valence-electron chi connectivity index (χ3n) is 1.39. The van der Waals surface area contributed by atoms with Gasteiger partial charge in [-0.1, -0.05) is 23.2 Å². The number of rotatable bonds is 1. The molecule has 0 spiro atoms. The standard InChI is InChI=1S/C6H6BCl2NO2/c8-4-2-5(9)6(10)1-3(4)7(11)12/h1-2,11-12H,10H2. The highest BCUT2D eigenvalue weighted by Crippen LogP contribution is 2.21. The molecule has 0 amide bonds. The Morgan fingerprint density at radius 3 is 2.25 bits per heavy atom. The second kappa shape index (κ2) is 3.54. The molecule has 1 aromatic carbocycles. The molecular formula is C6H6BCl2NO2. The summed E-state index contributed by atoms with van der Waals surface area (Å²) in [5, 5.41) is 18.1. The van der Waals surface area contributed by atoms with Gasteiger partial charge >= 0.3 is 7.12 Å². The van der Waals surface area contributed by atoms with Crippen LogP contribution in [0.1, 0.15) is 0 Å². The number of nitrogens with two attached hydrogens (primary N) is 1. The van der Waals surface area contributed by atoms with E-state index in [-0.39, 0.29) is 16.2 Å². The zero-order valence-corrected chi connectivity index (χ0v) is 7.47. The number of anilines is 1. The lowest BCUT2D eigenvalue weighted by Gasteiger charge is -2.05. The van der Waals surface area contributed by atoms with Gasteiger partial charge in [0.2, 0.25) is 0 Å². The van der Waals surface area contributed by atoms with E-state index in [9.17, 15) is 0 Å². The van der Waals surface area contributed by atoms with Crippen LogP contribution >= 0.6 is 23.2 Å². The molecule has 0 aliphatic carbocycles. The Balaban J connectivity index is 3.23. The van der Waals surface area contributed by atoms with Crippen molar-refractivity contribution in [1.29, 1.82) is 0 Å². The molecule has 0 fully saturated rings. The van der Waals surface area contributed by atoms with Crippen molar-refractivity contribution in [2.45, 2.75) is 0 Å². The van der Waals surface area contributed by atoms with Gasteiger partial charge in [-0.15, -0.1) is 0 Å². The van der Waals surface area contributed by atoms with Crippen molar-refractivity contribution in [3.63, 3.8) is 0 Å². The molecule has 0 aliphatic heterocycles. The van der Waals surface area contributed by atoms with Crippen LogP contribution in [0.2, 0.25) is 10.0 Å². The van der Waals surface area contributed by atoms with Crippen LogP contribution in [0.25, 0.3) is 0 Å². The fourth-order valence-corrected chi connectivity index (χ4v) is 1.26. The van der Waals surface area contributed by atoms with Crippen molar-refractivity contribution in [2.75, 3.05) is 5.73 Å². The van der Waals surface area contributed by atoms with Crippen molar-refractivity contribution < 1.29 is 10.0 Å². The summed E-state index contributed by atoms with van der Waals surface area (Å²) in [6.07, 6.45) is 0. The zero-order chi connectivity index (χ0) is 9.30. The van der Waals surface area contributed by atoms with E-state index in [0.717, 1.165) is 0 Å². The highest BCUT2D eigenvalue weighted by molar-refractivity contribution is 6.63. The second-order valence-electron chi connectivity index (χ2n) is 2.27. The first-order chi connectivity index (χ1) is 5.52. The van der Waals surface area contributed by atoms with Crippen molar-refractivity contribution in [3.05, 3.63) is 22.2 Å². The zero-order valence-electron chi connectivity index (χ0n) is 5.96. The maximum Gasteiger partial charge on any atom is 0.490 e. The predicted octanol–water partition coefficient (Wildman–Crippen LogP) is 0.255. The molecule has 0 heterocycles. The molecule has 4 N–H and O–H groups in total. The minimum absolute atomic E-state index is 0.151. The van der Waals surface area contributed by atoms with E-state index in [0.29, 0.717) is 5.02 Å². The smallest absolute Gasteiger partial charge is 0.423 e. The topological polar surface area (TPSA) is 66.5 Å². The van der Waals surface area contributed by atoms with Gasteiger partial charge in [-0.3, -0.25) is 0 Å². The van der Waals surface area contributed by atoms with Crippen LogP contribution in [-0.2, 0) is 0 Å². The summed E-state index contributed by atoms with van der Waals surface area (Å²) in [5.41, 5.74) is 5.83. The largest absolute Gasteiger partial charge is 0.490 e. The Labute approximate surface area is 79.9 Å². The number of nitrogen functional groups attached to an aromatic ring is 1. The van der Waals surface area contributed by atoms with Gasteiger partial charge < -0.3 is 15.8 Å². The highest BCUT2D eigenvalue weighted by atomic mass is 35.5. The van der Waals surface area contributed by atoms with Gasteiger partial charge in [0.05, 0.1) is 10.7 Å². The van der Waals surface area contributed by atoms with Crippen molar-refractivity contribution in [1.82, 2.24) is 0 Å². The molecule has 1 aromatic rings. The van der Waals surface area contributed by atoms with Crippen LogP contribution in [0.3, 0.4) is 0 Å². The van der Waals surface area contributed by atoms with Crippen LogP contribution in [-0.4, -0.2) is 17.2 Å². The summed E-state index contributed by atoms with van der Waals surface area (Å²) in [4.78, 5) is 0. The molecule has 0 bridgehead atoms. The molecule has 3 nitrogen and oxygen atoms in total. The number of hydrogen-bond donors (Lipinski definition) is 3. The van der Waals surface area contributed by atoms with Crippen molar-refractivity contribution >= 4 is 41.5 Å². The van der Waals surface area contributed by atoms with E-state index >= 15 is 0 Å². The van der Waals surface area contributed by atoms with Crippen LogP contribution < -0.4 is 11.2 Å². The third kappa shape index (κ3) is 1.84. The molecule has 6 heteroatoms. The van der Waals surface area contributed by atoms with E-state index in [2.05, 4.69) is 0 Å². The number of halogens is 2. The average Bonchev–Trinajstić information content (AvgIpc) is 1.96. The van der Waals surface area contributed by atoms with Gasteiger partial charge in [-0.25, -0.2) is 0 Å². The van der Waals surface area contributed by atoms with E-state index < -0.39 is 7.12 Å². The van der Waals surface area contributed by atoms with Crippen LogP contribution in [0.5, 0.6) is 0 Å². The SMILES string of the molecule is Nc1cc(B(O)O)c(Cl)cc1Cl. The maximum atomic E-state index is 8.79. The Hall–Kier alpha value is -0.415. The Morgan fingerprint density at radius 1 is 1.17 bits per heavy atom. The Kier molecular flexibility index (Phi) is 2.85. The molecule has 0 unspecified atom stereocenters. The summed E-state index contributed by atoms with van der Waals surface area (Å²) in [5.74, 6) is 0. The molecule has 0 atom stereocenters. The first-order valence-corrected chi connectivity index (χ1v) is 3.88. The van der Waals surface area contributed by atoms with Gasteiger partial charge in [0.1, 0.15) is 0 Å². The lowest BCUT2D eigenvalue weighted by Crippen LogP contribution is -2.31. The molecule has 0 radical (unpaired) electrons. The fraction of sp³-hybridized carbons (Fsp3) is 0. The van der Waals surface area contributed by atoms with Gasteiger partial charge in [-0.2, -0.15) is 0 Å². The average molecular weight is 206 g/mol. The molecule has 0 aliphatic rings. The Morgan fingerprint density at radius 2 is 1.75 bits per heavy atom. The van der Waals surface area contributed by atoms with Gasteiger partial charge in [0.25, 0.3) is 0 Å². The maximum absolute atomic E-state index is 8.79. The molecular weight excluding hydrogens is 200 g/mol. The highest BCUT2D eigenvalue weighted by Gasteiger charge is 2.16. The molecule has 0 saturated heterocycles. The monoisotopic (exact) mass is 205 g/mol. The van der Waals surface area contributed by atoms with E-state index in [1.165, 1.54) is 12.1 Å². The third-order valence-corrected chi connectivity index (χ3v) is 2.05. The van der Waals surface area contributed by atoms with E-state index in [1.807, 2.05) is 0 Å². The summed E-state index contributed by atoms with van der Waals surface area (Å²) >= 11 is 11.3. The van der Waals surface area contributed by atoms with Crippen LogP contribution in [0.15, 0.2) is 12.1 Å². The molecule has 0 aromatic heterocycles. The Bertz CT molecular complexity index is 306. The molecule has 1 rings (SSSR count). The van der Waals surface area contributed by atoms with Crippen LogP contribution in [0.4, 0.5) is 5.69 Å². The lowest BCUT2D eigenvalue weighted by molar-refractivity contribution is 0.426. The van der Waals surface area contributed by atoms with E-state index in [1.54, 1.807) is 0 Å². The van der Waals surface area contributed by atoms with Gasteiger partial charge in [0.15, 0.2) is 0 Å². The quantitative estimate of drug-likeness (QED) is 0.455. The first kappa shape index (κ1) is 9.67. The number of hydrogen-bond acceptors (Lipinski definition) is 3. The van der Waals surface area contributed by atoms with Crippen LogP contribution in [0, 0.1) is 0 Å². The summed E-state index contributed by atoms with van der Waals surface area (Å²) < 4.78 is 0. The molecule has 12 heavy (non-hydrogen) atoms. The summed E-state index contributed by atoms with van der Waals surface area (Å²) in [7, 11) is -1.63. The van der Waals surface area contributed by atoms with Gasteiger partial charge in [0, 0.05) is 10.5 Å². The predicted molar refractivity (Wildman–Crippen MR) is 50.7 cm³/mol. The molecule has 64 valence electrons. The van der Waals surface area contributed by atoms with Crippen molar-refractivity contribution in [2.24, 2.45) is 0 Å². The normalized spacial score (nSPS) is 10.0. The van der Waals surface area contributed by atoms with E-state index in [4.69, 9.17) is 39.0 Å². The first-order valence-electron chi connectivity index (χ1n) is 3.13. The minimum atomic E-state index is -1.63. The van der Waals surface area contributed by atoms with Crippen molar-refractivity contribution in [3.8, 4) is 0 Å². The minimum Gasteiger partial charge on any atom is -0.423 e. The van der Waals surface area contributed by atoms with Gasteiger partial charge in [-0.05, 0) is 12.1 Å². The second-order valence-corrected chi connectivity index (χ2v) is 3.08. The summed E-state index contributed by atoms with van der Waals surface area (Å²) in [6.45, 7) is 0. The lowest BCUT2D eigenvalue weighted by atomic mass is 9.80.